The molecule has 44 heavy (non-hydrogen) atoms. The van der Waals surface area contributed by atoms with Crippen molar-refractivity contribution in [2.24, 2.45) is 0 Å². The minimum absolute atomic E-state index is 0.0746. The van der Waals surface area contributed by atoms with Crippen molar-refractivity contribution in [1.82, 2.24) is 5.32 Å². The van der Waals surface area contributed by atoms with Crippen LogP contribution in [-0.2, 0) is 9.59 Å². The smallest absolute Gasteiger partial charge is 0.335 e. The second-order valence-corrected chi connectivity index (χ2v) is 11.4. The molecule has 0 saturated carbocycles. The van der Waals surface area contributed by atoms with E-state index in [1.165, 1.54) is 23.9 Å². The predicted molar refractivity (Wildman–Crippen MR) is 175 cm³/mol. The summed E-state index contributed by atoms with van der Waals surface area (Å²) in [7, 11) is 0. The highest BCUT2D eigenvalue weighted by Crippen LogP contribution is 2.29. The number of hydrogen-bond donors (Lipinski definition) is 4. The molecule has 0 aliphatic heterocycles. The van der Waals surface area contributed by atoms with Crippen LogP contribution in [0, 0.1) is 13.8 Å². The molecule has 4 N–H and O–H groups in total. The average molecular weight is 608 g/mol. The van der Waals surface area contributed by atoms with Gasteiger partial charge in [0, 0.05) is 21.8 Å². The first-order valence-corrected chi connectivity index (χ1v) is 14.9. The van der Waals surface area contributed by atoms with Gasteiger partial charge in [-0.2, -0.15) is 0 Å². The van der Waals surface area contributed by atoms with Gasteiger partial charge in [0.15, 0.2) is 0 Å². The maximum absolute atomic E-state index is 13.5. The number of thioether (sulfide) groups is 1. The van der Waals surface area contributed by atoms with E-state index in [9.17, 15) is 24.3 Å². The fourth-order valence-electron chi connectivity index (χ4n) is 4.21. The van der Waals surface area contributed by atoms with E-state index in [4.69, 9.17) is 0 Å². The Kier molecular flexibility index (Phi) is 10.7. The van der Waals surface area contributed by atoms with Crippen molar-refractivity contribution in [2.75, 3.05) is 10.6 Å². The molecule has 1 unspecified atom stereocenters. The van der Waals surface area contributed by atoms with Gasteiger partial charge < -0.3 is 21.1 Å². The number of carboxylic acids is 1. The van der Waals surface area contributed by atoms with Crippen molar-refractivity contribution in [3.05, 3.63) is 131 Å². The largest absolute Gasteiger partial charge is 0.478 e. The number of aryl methyl sites for hydroxylation is 2. The lowest BCUT2D eigenvalue weighted by molar-refractivity contribution is -0.116. The summed E-state index contributed by atoms with van der Waals surface area (Å²) in [6.45, 7) is 5.65. The third-order valence-corrected chi connectivity index (χ3v) is 8.05. The fraction of sp³-hybridized carbons (Fsp3) is 0.143. The molecule has 0 radical (unpaired) electrons. The first-order valence-electron chi connectivity index (χ1n) is 14.0. The molecular formula is C35H33N3O5S. The van der Waals surface area contributed by atoms with Crippen LogP contribution >= 0.6 is 11.8 Å². The Balaban J connectivity index is 1.50. The number of benzene rings is 4. The zero-order chi connectivity index (χ0) is 31.6. The predicted octanol–water partition coefficient (Wildman–Crippen LogP) is 6.92. The third kappa shape index (κ3) is 8.68. The Bertz CT molecular complexity index is 1700. The van der Waals surface area contributed by atoms with E-state index in [-0.39, 0.29) is 17.2 Å². The number of hydrogen-bond acceptors (Lipinski definition) is 5. The molecule has 0 heterocycles. The lowest BCUT2D eigenvalue weighted by Crippen LogP contribution is -2.30. The number of rotatable bonds is 11. The van der Waals surface area contributed by atoms with Gasteiger partial charge in [-0.1, -0.05) is 67.1 Å². The van der Waals surface area contributed by atoms with Crippen molar-refractivity contribution >= 4 is 52.9 Å². The molecule has 0 saturated heterocycles. The summed E-state index contributed by atoms with van der Waals surface area (Å²) < 4.78 is 0. The lowest BCUT2D eigenvalue weighted by atomic mass is 10.1. The molecule has 4 aromatic rings. The number of anilines is 2. The molecule has 224 valence electrons. The maximum atomic E-state index is 13.5. The Hall–Kier alpha value is -5.15. The molecule has 0 fully saturated rings. The van der Waals surface area contributed by atoms with E-state index < -0.39 is 23.0 Å². The number of nitrogens with one attached hydrogen (secondary N) is 3. The van der Waals surface area contributed by atoms with Gasteiger partial charge in [-0.25, -0.2) is 4.79 Å². The van der Waals surface area contributed by atoms with Crippen LogP contribution < -0.4 is 16.0 Å². The van der Waals surface area contributed by atoms with Crippen LogP contribution in [0.3, 0.4) is 0 Å². The Labute approximate surface area is 260 Å². The summed E-state index contributed by atoms with van der Waals surface area (Å²) in [6, 6.07) is 27.9. The zero-order valence-electron chi connectivity index (χ0n) is 24.6. The number of carboxylic acid groups (broad SMARTS) is 1. The van der Waals surface area contributed by atoms with E-state index in [1.807, 2.05) is 50.2 Å². The molecule has 3 amide bonds. The standard InChI is InChI=1S/C35H33N3O5S/c1-4-31(34(41)37-29-20-26(35(42)43)18-15-23(29)3)44-28-12-8-11-27(21-28)36-33(40)30(19-24-16-13-22(2)14-17-24)38-32(39)25-9-6-5-7-10-25/h5-21,31H,4H2,1-3H3,(H,36,40)(H,37,41)(H,38,39)(H,42,43)/b30-19+. The van der Waals surface area contributed by atoms with Gasteiger partial charge >= 0.3 is 5.97 Å². The quantitative estimate of drug-likeness (QED) is 0.108. The molecule has 0 bridgehead atoms. The molecule has 0 aliphatic rings. The van der Waals surface area contributed by atoms with Crippen molar-refractivity contribution in [2.45, 2.75) is 37.3 Å². The highest BCUT2D eigenvalue weighted by atomic mass is 32.2. The first kappa shape index (κ1) is 31.8. The summed E-state index contributed by atoms with van der Waals surface area (Å²) in [5, 5.41) is 17.3. The summed E-state index contributed by atoms with van der Waals surface area (Å²) in [5.74, 6) is -2.25. The van der Waals surface area contributed by atoms with Gasteiger partial charge in [-0.3, -0.25) is 14.4 Å². The van der Waals surface area contributed by atoms with Crippen LogP contribution in [0.25, 0.3) is 6.08 Å². The van der Waals surface area contributed by atoms with Gasteiger partial charge in [0.2, 0.25) is 5.91 Å². The van der Waals surface area contributed by atoms with Gasteiger partial charge in [-0.05, 0) is 79.9 Å². The number of carbonyl (C=O) groups excluding carboxylic acids is 3. The van der Waals surface area contributed by atoms with E-state index in [2.05, 4.69) is 16.0 Å². The molecule has 0 aliphatic carbocycles. The minimum atomic E-state index is -1.07. The molecule has 0 aromatic heterocycles. The molecular weight excluding hydrogens is 574 g/mol. The van der Waals surface area contributed by atoms with E-state index in [0.29, 0.717) is 23.4 Å². The van der Waals surface area contributed by atoms with E-state index >= 15 is 0 Å². The van der Waals surface area contributed by atoms with Crippen LogP contribution in [-0.4, -0.2) is 34.0 Å². The van der Waals surface area contributed by atoms with Gasteiger partial charge in [0.05, 0.1) is 10.8 Å². The molecule has 0 spiro atoms. The van der Waals surface area contributed by atoms with Gasteiger partial charge in [0.25, 0.3) is 11.8 Å². The van der Waals surface area contributed by atoms with Gasteiger partial charge in [0.1, 0.15) is 5.70 Å². The van der Waals surface area contributed by atoms with Crippen LogP contribution in [0.4, 0.5) is 11.4 Å². The number of carbonyl (C=O) groups is 4. The van der Waals surface area contributed by atoms with Crippen molar-refractivity contribution < 1.29 is 24.3 Å². The van der Waals surface area contributed by atoms with E-state index in [1.54, 1.807) is 61.5 Å². The summed E-state index contributed by atoms with van der Waals surface area (Å²) >= 11 is 1.33. The minimum Gasteiger partial charge on any atom is -0.478 e. The summed E-state index contributed by atoms with van der Waals surface area (Å²) in [5.41, 5.74) is 4.09. The molecule has 4 aromatic carbocycles. The van der Waals surface area contributed by atoms with E-state index in [0.717, 1.165) is 21.6 Å². The molecule has 8 nitrogen and oxygen atoms in total. The average Bonchev–Trinajstić information content (AvgIpc) is 3.02. The molecule has 4 rings (SSSR count). The normalized spacial score (nSPS) is 11.8. The van der Waals surface area contributed by atoms with Crippen LogP contribution in [0.1, 0.15) is 50.8 Å². The second-order valence-electron chi connectivity index (χ2n) is 10.1. The van der Waals surface area contributed by atoms with Crippen LogP contribution in [0.5, 0.6) is 0 Å². The van der Waals surface area contributed by atoms with Crippen molar-refractivity contribution in [1.29, 1.82) is 0 Å². The third-order valence-electron chi connectivity index (χ3n) is 6.69. The maximum Gasteiger partial charge on any atom is 0.335 e. The van der Waals surface area contributed by atoms with Crippen molar-refractivity contribution in [3.8, 4) is 0 Å². The fourth-order valence-corrected chi connectivity index (χ4v) is 5.22. The number of aromatic carboxylic acids is 1. The molecule has 1 atom stereocenters. The Morgan fingerprint density at radius 3 is 2.23 bits per heavy atom. The van der Waals surface area contributed by atoms with Crippen LogP contribution in [0.15, 0.2) is 108 Å². The Morgan fingerprint density at radius 1 is 0.818 bits per heavy atom. The summed E-state index contributed by atoms with van der Waals surface area (Å²) in [4.78, 5) is 51.7. The Morgan fingerprint density at radius 2 is 1.55 bits per heavy atom. The molecule has 9 heteroatoms. The highest BCUT2D eigenvalue weighted by Gasteiger charge is 2.20. The SMILES string of the molecule is CCC(Sc1cccc(NC(=O)/C(=C\c2ccc(C)cc2)NC(=O)c2ccccc2)c1)C(=O)Nc1cc(C(=O)O)ccc1C. The second kappa shape index (κ2) is 14.8. The summed E-state index contributed by atoms with van der Waals surface area (Å²) in [6.07, 6.45) is 2.13. The van der Waals surface area contributed by atoms with Crippen LogP contribution in [0.2, 0.25) is 0 Å². The first-order chi connectivity index (χ1) is 21.1. The van der Waals surface area contributed by atoms with Crippen molar-refractivity contribution in [3.63, 3.8) is 0 Å². The zero-order valence-corrected chi connectivity index (χ0v) is 25.4. The van der Waals surface area contributed by atoms with Gasteiger partial charge in [-0.15, -0.1) is 11.8 Å². The lowest BCUT2D eigenvalue weighted by Gasteiger charge is -2.17. The monoisotopic (exact) mass is 607 g/mol. The highest BCUT2D eigenvalue weighted by molar-refractivity contribution is 8.00. The number of amides is 3. The topological polar surface area (TPSA) is 125 Å².